The second-order valence-corrected chi connectivity index (χ2v) is 11.4. The molecule has 0 amide bonds. The summed E-state index contributed by atoms with van der Waals surface area (Å²) in [5.74, 6) is -0.844. The average molecular weight is 603 g/mol. The summed E-state index contributed by atoms with van der Waals surface area (Å²) in [4.78, 5) is 48.6. The Morgan fingerprint density at radius 2 is 1.41 bits per heavy atom. The Hall–Kier alpha value is -4.46. The minimum absolute atomic E-state index is 0.0852. The molecule has 1 aliphatic carbocycles. The van der Waals surface area contributed by atoms with Gasteiger partial charge in [-0.25, -0.2) is 19.2 Å². The molecule has 0 aliphatic heterocycles. The highest BCUT2D eigenvalue weighted by Crippen LogP contribution is 2.34. The number of ether oxygens (including phenoxy) is 3. The molecule has 1 aromatic carbocycles. The Kier molecular flexibility index (Phi) is 12.3. The van der Waals surface area contributed by atoms with Crippen LogP contribution in [-0.4, -0.2) is 31.1 Å². The van der Waals surface area contributed by atoms with E-state index in [4.69, 9.17) is 18.6 Å². The van der Waals surface area contributed by atoms with Crippen LogP contribution in [0.25, 0.3) is 16.5 Å². The molecule has 1 aromatic heterocycles. The summed E-state index contributed by atoms with van der Waals surface area (Å²) in [5.41, 5.74) is 4.43. The van der Waals surface area contributed by atoms with Crippen LogP contribution in [0.3, 0.4) is 0 Å². The zero-order chi connectivity index (χ0) is 32.4. The molecular weight excluding hydrogens is 560 g/mol. The molecule has 0 saturated carbocycles. The molecule has 0 spiro atoms. The molecule has 1 aliphatic rings. The molecular formula is C36H42O8. The van der Waals surface area contributed by atoms with Crippen LogP contribution in [0.15, 0.2) is 81.8 Å². The van der Waals surface area contributed by atoms with Gasteiger partial charge in [-0.15, -0.1) is 0 Å². The van der Waals surface area contributed by atoms with Crippen LogP contribution in [0.4, 0.5) is 0 Å². The fraction of sp³-hybridized carbons (Fsp3) is 0.389. The van der Waals surface area contributed by atoms with E-state index >= 15 is 0 Å². The number of carbonyl (C=O) groups excluding carboxylic acids is 3. The van der Waals surface area contributed by atoms with Crippen molar-refractivity contribution in [1.29, 1.82) is 0 Å². The lowest BCUT2D eigenvalue weighted by Gasteiger charge is -2.21. The van der Waals surface area contributed by atoms with Gasteiger partial charge in [0, 0.05) is 28.5 Å². The molecule has 0 saturated heterocycles. The van der Waals surface area contributed by atoms with Gasteiger partial charge in [0.2, 0.25) is 0 Å². The second-order valence-electron chi connectivity index (χ2n) is 11.4. The molecule has 8 heteroatoms. The van der Waals surface area contributed by atoms with Crippen molar-refractivity contribution < 1.29 is 33.0 Å². The second kappa shape index (κ2) is 15.8. The lowest BCUT2D eigenvalue weighted by atomic mass is 9.87. The number of hydrogen-bond donors (Lipinski definition) is 0. The summed E-state index contributed by atoms with van der Waals surface area (Å²) in [6.07, 6.45) is 8.27. The van der Waals surface area contributed by atoms with Crippen molar-refractivity contribution in [2.75, 3.05) is 13.2 Å². The third-order valence-electron chi connectivity index (χ3n) is 7.23. The van der Waals surface area contributed by atoms with Crippen LogP contribution in [0.2, 0.25) is 0 Å². The van der Waals surface area contributed by atoms with Crippen molar-refractivity contribution in [2.45, 2.75) is 72.6 Å². The van der Waals surface area contributed by atoms with E-state index in [0.717, 1.165) is 34.9 Å². The summed E-state index contributed by atoms with van der Waals surface area (Å²) in [7, 11) is 0. The number of allylic oxidation sites excluding steroid dienone is 4. The summed E-state index contributed by atoms with van der Waals surface area (Å²) < 4.78 is 21.8. The first-order valence-electron chi connectivity index (χ1n) is 14.9. The molecule has 0 radical (unpaired) electrons. The summed E-state index contributed by atoms with van der Waals surface area (Å²) in [5, 5.41) is 0.842. The van der Waals surface area contributed by atoms with E-state index in [2.05, 4.69) is 25.8 Å². The van der Waals surface area contributed by atoms with Gasteiger partial charge in [-0.05, 0) is 100 Å². The van der Waals surface area contributed by atoms with E-state index < -0.39 is 23.5 Å². The van der Waals surface area contributed by atoms with Crippen molar-refractivity contribution in [3.05, 3.63) is 99.7 Å². The van der Waals surface area contributed by atoms with Gasteiger partial charge in [0.15, 0.2) is 0 Å². The molecule has 0 bridgehead atoms. The van der Waals surface area contributed by atoms with Gasteiger partial charge < -0.3 is 18.6 Å². The zero-order valence-corrected chi connectivity index (χ0v) is 26.2. The molecule has 2 aromatic rings. The number of benzene rings is 1. The normalized spacial score (nSPS) is 14.3. The molecule has 0 N–H and O–H groups in total. The van der Waals surface area contributed by atoms with Gasteiger partial charge in [-0.2, -0.15) is 0 Å². The van der Waals surface area contributed by atoms with Crippen LogP contribution in [0, 0.1) is 5.92 Å². The van der Waals surface area contributed by atoms with Gasteiger partial charge in [-0.3, -0.25) is 0 Å². The van der Waals surface area contributed by atoms with Crippen molar-refractivity contribution >= 4 is 34.5 Å². The minimum Gasteiger partial charge on any atom is -0.462 e. The smallest absolute Gasteiger partial charge is 0.343 e. The van der Waals surface area contributed by atoms with Crippen LogP contribution in [-0.2, 0) is 41.4 Å². The van der Waals surface area contributed by atoms with Crippen LogP contribution in [0.5, 0.6) is 0 Å². The number of esters is 3. The van der Waals surface area contributed by atoms with Crippen molar-refractivity contribution in [3.63, 3.8) is 0 Å². The van der Waals surface area contributed by atoms with Crippen molar-refractivity contribution in [3.8, 4) is 0 Å². The Balaban J connectivity index is 1.86. The molecule has 1 unspecified atom stereocenters. The number of rotatable bonds is 15. The standard InChI is InChI=1S/C36H42O8/c1-22(2)33(37)41-16-10-8-12-26-19-27(13-9-11-17-42-34(38)23(3)4)30-21-31(36(40)44-32(30)20-26)29-15-14-28(18-25(29)7)43-35(39)24(5)6/h14-15,19-21,25H,1,3,5,8-13,16-18H2,2,4,6-7H3. The van der Waals surface area contributed by atoms with E-state index in [0.29, 0.717) is 78.9 Å². The highest BCUT2D eigenvalue weighted by atomic mass is 16.5. The first-order valence-corrected chi connectivity index (χ1v) is 14.9. The van der Waals surface area contributed by atoms with Crippen molar-refractivity contribution in [2.24, 2.45) is 5.92 Å². The molecule has 1 atom stereocenters. The maximum atomic E-state index is 13.2. The fourth-order valence-electron chi connectivity index (χ4n) is 4.80. The van der Waals surface area contributed by atoms with E-state index in [9.17, 15) is 19.2 Å². The number of unbranched alkanes of at least 4 members (excludes halogenated alkanes) is 2. The summed E-state index contributed by atoms with van der Waals surface area (Å²) in [6.45, 7) is 18.2. The maximum Gasteiger partial charge on any atom is 0.343 e. The van der Waals surface area contributed by atoms with Crippen LogP contribution >= 0.6 is 0 Å². The third kappa shape index (κ3) is 9.53. The van der Waals surface area contributed by atoms with Crippen LogP contribution < -0.4 is 5.63 Å². The van der Waals surface area contributed by atoms with Gasteiger partial charge in [0.05, 0.1) is 18.8 Å². The molecule has 1 heterocycles. The zero-order valence-electron chi connectivity index (χ0n) is 26.2. The van der Waals surface area contributed by atoms with E-state index in [1.165, 1.54) is 0 Å². The van der Waals surface area contributed by atoms with E-state index in [1.807, 2.05) is 19.1 Å². The molecule has 0 fully saturated rings. The largest absolute Gasteiger partial charge is 0.462 e. The van der Waals surface area contributed by atoms with Crippen molar-refractivity contribution in [1.82, 2.24) is 0 Å². The van der Waals surface area contributed by atoms with Gasteiger partial charge in [0.1, 0.15) is 11.3 Å². The Morgan fingerprint density at radius 3 is 1.98 bits per heavy atom. The SMILES string of the molecule is C=C(C)C(=O)OCCCCc1cc(CCCCOC(=O)C(=C)C)c2cc(C3=CC=C(OC(=O)C(=C)C)CC3C)c(=O)oc2c1. The fourth-order valence-corrected chi connectivity index (χ4v) is 4.80. The van der Waals surface area contributed by atoms with E-state index in [1.54, 1.807) is 32.9 Å². The maximum absolute atomic E-state index is 13.2. The molecule has 234 valence electrons. The molecule has 3 rings (SSSR count). The topological polar surface area (TPSA) is 109 Å². The monoisotopic (exact) mass is 602 g/mol. The predicted molar refractivity (Wildman–Crippen MR) is 171 cm³/mol. The van der Waals surface area contributed by atoms with Gasteiger partial charge in [-0.1, -0.05) is 38.8 Å². The molecule has 8 nitrogen and oxygen atoms in total. The predicted octanol–water partition coefficient (Wildman–Crippen LogP) is 7.10. The van der Waals surface area contributed by atoms with Crippen LogP contribution in [0.1, 0.15) is 76.5 Å². The minimum atomic E-state index is -0.478. The average Bonchev–Trinajstić information content (AvgIpc) is 2.96. The highest BCUT2D eigenvalue weighted by Gasteiger charge is 2.23. The lowest BCUT2D eigenvalue weighted by Crippen LogP contribution is -2.15. The van der Waals surface area contributed by atoms with Gasteiger partial charge in [0.25, 0.3) is 0 Å². The third-order valence-corrected chi connectivity index (χ3v) is 7.23. The lowest BCUT2D eigenvalue weighted by molar-refractivity contribution is -0.139. The first kappa shape index (κ1) is 34.0. The number of hydrogen-bond acceptors (Lipinski definition) is 8. The summed E-state index contributed by atoms with van der Waals surface area (Å²) in [6, 6.07) is 5.91. The quantitative estimate of drug-likeness (QED) is 0.0698. The number of fused-ring (bicyclic) bond motifs is 1. The highest BCUT2D eigenvalue weighted by molar-refractivity contribution is 5.89. The number of carbonyl (C=O) groups is 3. The summed E-state index contributed by atoms with van der Waals surface area (Å²) >= 11 is 0. The Bertz CT molecular complexity index is 1580. The van der Waals surface area contributed by atoms with Gasteiger partial charge >= 0.3 is 23.5 Å². The van der Waals surface area contributed by atoms with E-state index in [-0.39, 0.29) is 5.92 Å². The Morgan fingerprint density at radius 1 is 0.818 bits per heavy atom. The first-order chi connectivity index (χ1) is 20.9. The number of aryl methyl sites for hydroxylation is 2. The Labute approximate surface area is 258 Å². The molecule has 44 heavy (non-hydrogen) atoms.